The van der Waals surface area contributed by atoms with Crippen molar-refractivity contribution in [1.82, 2.24) is 0 Å². The smallest absolute Gasteiger partial charge is 0.116 e. The summed E-state index contributed by atoms with van der Waals surface area (Å²) < 4.78 is 13.8. The van der Waals surface area contributed by atoms with Crippen LogP contribution in [0.4, 0.5) is 4.39 Å². The largest absolute Gasteiger partial charge is 0.328 e. The van der Waals surface area contributed by atoms with Gasteiger partial charge in [-0.25, -0.2) is 4.39 Å². The molecule has 0 aliphatic carbocycles. The molecule has 1 rings (SSSR count). The Labute approximate surface area is 79.9 Å². The Kier molecular flexibility index (Phi) is 3.69. The highest BCUT2D eigenvalue weighted by Gasteiger charge is 2.04. The molecular weight excluding hydrogens is 221 g/mol. The maximum Gasteiger partial charge on any atom is 0.116 e. The van der Waals surface area contributed by atoms with E-state index in [2.05, 4.69) is 15.9 Å². The minimum Gasteiger partial charge on any atom is -0.328 e. The van der Waals surface area contributed by atoms with Crippen LogP contribution < -0.4 is 5.73 Å². The van der Waals surface area contributed by atoms with Gasteiger partial charge in [0.1, 0.15) is 6.17 Å². The number of halogens is 2. The zero-order chi connectivity index (χ0) is 8.97. The second kappa shape index (κ2) is 4.58. The second-order valence-corrected chi connectivity index (χ2v) is 3.58. The molecule has 1 atom stereocenters. The van der Waals surface area contributed by atoms with E-state index in [1.807, 2.05) is 24.3 Å². The first kappa shape index (κ1) is 9.68. The third-order valence-electron chi connectivity index (χ3n) is 1.60. The summed E-state index contributed by atoms with van der Waals surface area (Å²) in [6.07, 6.45) is -0.532. The van der Waals surface area contributed by atoms with Crippen molar-refractivity contribution in [1.29, 1.82) is 0 Å². The summed E-state index contributed by atoms with van der Waals surface area (Å²) in [4.78, 5) is 0. The van der Waals surface area contributed by atoms with Gasteiger partial charge in [-0.1, -0.05) is 28.1 Å². The summed E-state index contributed by atoms with van der Waals surface area (Å²) in [5, 5.41) is 0. The molecule has 2 N–H and O–H groups in total. The van der Waals surface area contributed by atoms with Crippen LogP contribution in [0.3, 0.4) is 0 Å². The van der Waals surface area contributed by atoms with E-state index in [4.69, 9.17) is 5.73 Å². The number of hydrogen-bond donors (Lipinski definition) is 1. The summed E-state index contributed by atoms with van der Waals surface area (Å²) in [7, 11) is 0. The summed E-state index contributed by atoms with van der Waals surface area (Å²) >= 11 is 3.32. The van der Waals surface area contributed by atoms with Gasteiger partial charge in [-0.3, -0.25) is 0 Å². The van der Waals surface area contributed by atoms with Crippen LogP contribution in [0.15, 0.2) is 28.7 Å². The molecule has 0 heterocycles. The standard InChI is InChI=1S/C9H11BrFN/c10-8-3-1-2-7(4-8)5-9(11)6-12/h1-4,9H,5-6,12H2/t9-/m0/s1. The van der Waals surface area contributed by atoms with Gasteiger partial charge in [-0.15, -0.1) is 0 Å². The lowest BCUT2D eigenvalue weighted by molar-refractivity contribution is 0.340. The van der Waals surface area contributed by atoms with Crippen molar-refractivity contribution in [3.8, 4) is 0 Å². The molecule has 0 bridgehead atoms. The zero-order valence-electron chi connectivity index (χ0n) is 6.63. The van der Waals surface area contributed by atoms with Crippen molar-refractivity contribution in [3.63, 3.8) is 0 Å². The maximum absolute atomic E-state index is 12.8. The van der Waals surface area contributed by atoms with Crippen molar-refractivity contribution in [2.45, 2.75) is 12.6 Å². The van der Waals surface area contributed by atoms with Crippen LogP contribution in [-0.4, -0.2) is 12.7 Å². The van der Waals surface area contributed by atoms with E-state index in [-0.39, 0.29) is 6.54 Å². The Hall–Kier alpha value is -0.410. The van der Waals surface area contributed by atoms with Gasteiger partial charge in [0.2, 0.25) is 0 Å². The molecule has 0 amide bonds. The van der Waals surface area contributed by atoms with Crippen molar-refractivity contribution >= 4 is 15.9 Å². The number of alkyl halides is 1. The van der Waals surface area contributed by atoms with E-state index in [0.717, 1.165) is 10.0 Å². The van der Waals surface area contributed by atoms with Gasteiger partial charge >= 0.3 is 0 Å². The quantitative estimate of drug-likeness (QED) is 0.850. The highest BCUT2D eigenvalue weighted by atomic mass is 79.9. The molecule has 0 aromatic heterocycles. The monoisotopic (exact) mass is 231 g/mol. The average molecular weight is 232 g/mol. The van der Waals surface area contributed by atoms with E-state index < -0.39 is 6.17 Å². The molecule has 0 aliphatic heterocycles. The third-order valence-corrected chi connectivity index (χ3v) is 2.10. The fraction of sp³-hybridized carbons (Fsp3) is 0.333. The van der Waals surface area contributed by atoms with Gasteiger partial charge in [0.25, 0.3) is 0 Å². The van der Waals surface area contributed by atoms with E-state index in [1.165, 1.54) is 0 Å². The van der Waals surface area contributed by atoms with E-state index in [0.29, 0.717) is 6.42 Å². The minimum atomic E-state index is -0.931. The van der Waals surface area contributed by atoms with E-state index in [9.17, 15) is 4.39 Å². The molecule has 0 fully saturated rings. The Balaban J connectivity index is 2.63. The summed E-state index contributed by atoms with van der Waals surface area (Å²) in [6.45, 7) is 0.0898. The van der Waals surface area contributed by atoms with Gasteiger partial charge in [-0.05, 0) is 17.7 Å². The number of hydrogen-bond acceptors (Lipinski definition) is 1. The molecule has 0 unspecified atom stereocenters. The molecule has 0 radical (unpaired) electrons. The minimum absolute atomic E-state index is 0.0898. The predicted molar refractivity (Wildman–Crippen MR) is 51.8 cm³/mol. The first-order valence-corrected chi connectivity index (χ1v) is 4.60. The number of rotatable bonds is 3. The van der Waals surface area contributed by atoms with Crippen LogP contribution in [0.1, 0.15) is 5.56 Å². The van der Waals surface area contributed by atoms with Gasteiger partial charge in [0, 0.05) is 17.4 Å². The van der Waals surface area contributed by atoms with Gasteiger partial charge in [0.15, 0.2) is 0 Å². The zero-order valence-corrected chi connectivity index (χ0v) is 8.22. The summed E-state index contributed by atoms with van der Waals surface area (Å²) in [5.74, 6) is 0. The highest BCUT2D eigenvalue weighted by Crippen LogP contribution is 2.13. The number of nitrogens with two attached hydrogens (primary N) is 1. The molecule has 0 saturated heterocycles. The normalized spacial score (nSPS) is 12.9. The first-order chi connectivity index (χ1) is 5.72. The SMILES string of the molecule is NC[C@@H](F)Cc1cccc(Br)c1. The molecule has 1 aromatic rings. The summed E-state index contributed by atoms with van der Waals surface area (Å²) in [6, 6.07) is 7.61. The third kappa shape index (κ3) is 2.91. The number of benzene rings is 1. The lowest BCUT2D eigenvalue weighted by Crippen LogP contribution is -2.17. The Bertz CT molecular complexity index is 252. The second-order valence-electron chi connectivity index (χ2n) is 2.67. The molecule has 3 heteroatoms. The first-order valence-electron chi connectivity index (χ1n) is 3.81. The summed E-state index contributed by atoms with van der Waals surface area (Å²) in [5.41, 5.74) is 6.15. The van der Waals surface area contributed by atoms with Gasteiger partial charge in [0.05, 0.1) is 0 Å². The average Bonchev–Trinajstić information content (AvgIpc) is 2.04. The Morgan fingerprint density at radius 1 is 1.50 bits per heavy atom. The molecule has 12 heavy (non-hydrogen) atoms. The molecule has 1 nitrogen and oxygen atoms in total. The molecule has 0 aliphatic rings. The van der Waals surface area contributed by atoms with Crippen molar-refractivity contribution < 1.29 is 4.39 Å². The van der Waals surface area contributed by atoms with Crippen LogP contribution in [0.25, 0.3) is 0 Å². The van der Waals surface area contributed by atoms with Gasteiger partial charge in [-0.2, -0.15) is 0 Å². The fourth-order valence-corrected chi connectivity index (χ4v) is 1.45. The molecule has 1 aromatic carbocycles. The molecule has 0 spiro atoms. The van der Waals surface area contributed by atoms with E-state index in [1.54, 1.807) is 0 Å². The van der Waals surface area contributed by atoms with Crippen LogP contribution in [0.5, 0.6) is 0 Å². The topological polar surface area (TPSA) is 26.0 Å². The predicted octanol–water partition coefficient (Wildman–Crippen LogP) is 2.29. The van der Waals surface area contributed by atoms with Crippen LogP contribution in [-0.2, 0) is 6.42 Å². The molecular formula is C9H11BrFN. The maximum atomic E-state index is 12.8. The van der Waals surface area contributed by atoms with E-state index >= 15 is 0 Å². The van der Waals surface area contributed by atoms with Crippen LogP contribution in [0.2, 0.25) is 0 Å². The van der Waals surface area contributed by atoms with Gasteiger partial charge < -0.3 is 5.73 Å². The van der Waals surface area contributed by atoms with Crippen LogP contribution in [0, 0.1) is 0 Å². The Morgan fingerprint density at radius 3 is 2.83 bits per heavy atom. The Morgan fingerprint density at radius 2 is 2.25 bits per heavy atom. The van der Waals surface area contributed by atoms with Crippen molar-refractivity contribution in [3.05, 3.63) is 34.3 Å². The highest BCUT2D eigenvalue weighted by molar-refractivity contribution is 9.10. The van der Waals surface area contributed by atoms with Crippen LogP contribution >= 0.6 is 15.9 Å². The fourth-order valence-electron chi connectivity index (χ4n) is 1.00. The molecule has 0 saturated carbocycles. The van der Waals surface area contributed by atoms with Crippen molar-refractivity contribution in [2.24, 2.45) is 5.73 Å². The lowest BCUT2D eigenvalue weighted by Gasteiger charge is -2.04. The molecule has 66 valence electrons. The lowest BCUT2D eigenvalue weighted by atomic mass is 10.1. The van der Waals surface area contributed by atoms with Crippen molar-refractivity contribution in [2.75, 3.05) is 6.54 Å².